The summed E-state index contributed by atoms with van der Waals surface area (Å²) in [6.07, 6.45) is 1.15. The Labute approximate surface area is 105 Å². The molecule has 0 aromatic rings. The molecule has 2 heterocycles. The third-order valence-corrected chi connectivity index (χ3v) is 4.38. The molecule has 2 rings (SSSR count). The van der Waals surface area contributed by atoms with E-state index < -0.39 is 0 Å². The maximum atomic E-state index is 12.2. The van der Waals surface area contributed by atoms with Crippen molar-refractivity contribution in [1.82, 2.24) is 14.7 Å². The fourth-order valence-electron chi connectivity index (χ4n) is 2.87. The van der Waals surface area contributed by atoms with Gasteiger partial charge in [-0.1, -0.05) is 6.92 Å². The molecule has 2 aliphatic rings. The molecule has 0 radical (unpaired) electrons. The number of amides is 2. The summed E-state index contributed by atoms with van der Waals surface area (Å²) in [6.45, 7) is 10.8. The van der Waals surface area contributed by atoms with Crippen LogP contribution in [0, 0.1) is 5.92 Å². The number of urea groups is 1. The Hall–Kier alpha value is -0.770. The Bertz CT molecular complexity index is 292. The molecule has 4 heteroatoms. The van der Waals surface area contributed by atoms with Gasteiger partial charge in [-0.15, -0.1) is 0 Å². The maximum absolute atomic E-state index is 12.2. The Morgan fingerprint density at radius 3 is 2.65 bits per heavy atom. The number of fused-ring (bicyclic) bond motifs is 1. The predicted molar refractivity (Wildman–Crippen MR) is 69.0 cm³/mol. The quantitative estimate of drug-likeness (QED) is 0.729. The monoisotopic (exact) mass is 239 g/mol. The van der Waals surface area contributed by atoms with E-state index in [-0.39, 0.29) is 12.1 Å². The number of carbonyl (C=O) groups is 1. The highest BCUT2D eigenvalue weighted by Gasteiger charge is 2.45. The zero-order valence-electron chi connectivity index (χ0n) is 11.5. The van der Waals surface area contributed by atoms with Crippen molar-refractivity contribution in [3.63, 3.8) is 0 Å². The smallest absolute Gasteiger partial charge is 0.320 e. The Morgan fingerprint density at radius 1 is 1.41 bits per heavy atom. The van der Waals surface area contributed by atoms with Crippen LogP contribution in [-0.4, -0.2) is 66.0 Å². The van der Waals surface area contributed by atoms with E-state index in [1.54, 1.807) is 0 Å². The molecule has 0 saturated carbocycles. The van der Waals surface area contributed by atoms with Gasteiger partial charge in [0.15, 0.2) is 0 Å². The van der Waals surface area contributed by atoms with Crippen LogP contribution in [0.15, 0.2) is 0 Å². The molecule has 0 aliphatic carbocycles. The van der Waals surface area contributed by atoms with E-state index in [1.807, 2.05) is 11.9 Å². The van der Waals surface area contributed by atoms with Crippen molar-refractivity contribution in [3.8, 4) is 0 Å². The largest absolute Gasteiger partial charge is 0.325 e. The second-order valence-corrected chi connectivity index (χ2v) is 5.65. The van der Waals surface area contributed by atoms with E-state index in [4.69, 9.17) is 0 Å². The van der Waals surface area contributed by atoms with Crippen LogP contribution >= 0.6 is 0 Å². The molecule has 2 amide bonds. The molecule has 2 atom stereocenters. The predicted octanol–water partition coefficient (Wildman–Crippen LogP) is 1.47. The molecule has 2 unspecified atom stereocenters. The van der Waals surface area contributed by atoms with Crippen LogP contribution in [0.1, 0.15) is 27.2 Å². The summed E-state index contributed by atoms with van der Waals surface area (Å²) in [7, 11) is 1.90. The molecule has 2 fully saturated rings. The van der Waals surface area contributed by atoms with Gasteiger partial charge in [-0.05, 0) is 26.8 Å². The first-order valence-corrected chi connectivity index (χ1v) is 6.80. The van der Waals surface area contributed by atoms with Crippen molar-refractivity contribution in [2.75, 3.05) is 33.2 Å². The second-order valence-electron chi connectivity index (χ2n) is 5.65. The molecule has 17 heavy (non-hydrogen) atoms. The van der Waals surface area contributed by atoms with E-state index in [0.29, 0.717) is 12.0 Å². The van der Waals surface area contributed by atoms with Crippen LogP contribution in [-0.2, 0) is 0 Å². The summed E-state index contributed by atoms with van der Waals surface area (Å²) in [6, 6.07) is 1.01. The number of piperidine rings is 1. The summed E-state index contributed by atoms with van der Waals surface area (Å²) in [5, 5.41) is 0. The van der Waals surface area contributed by atoms with Gasteiger partial charge in [0.05, 0.1) is 0 Å². The molecule has 98 valence electrons. The van der Waals surface area contributed by atoms with Gasteiger partial charge in [0.25, 0.3) is 0 Å². The molecule has 2 saturated heterocycles. The van der Waals surface area contributed by atoms with E-state index in [1.165, 1.54) is 6.54 Å². The first-order chi connectivity index (χ1) is 8.04. The molecular weight excluding hydrogens is 214 g/mol. The van der Waals surface area contributed by atoms with Crippen LogP contribution in [0.5, 0.6) is 0 Å². The lowest BCUT2D eigenvalue weighted by Crippen LogP contribution is -2.67. The summed E-state index contributed by atoms with van der Waals surface area (Å²) in [4.78, 5) is 18.6. The van der Waals surface area contributed by atoms with Crippen molar-refractivity contribution in [1.29, 1.82) is 0 Å². The van der Waals surface area contributed by atoms with Crippen molar-refractivity contribution >= 4 is 6.03 Å². The number of hydrogen-bond acceptors (Lipinski definition) is 2. The topological polar surface area (TPSA) is 26.8 Å². The molecule has 0 aromatic heterocycles. The normalized spacial score (nSPS) is 28.9. The van der Waals surface area contributed by atoms with Crippen molar-refractivity contribution < 1.29 is 4.79 Å². The first kappa shape index (κ1) is 12.7. The minimum absolute atomic E-state index is 0.214. The highest BCUT2D eigenvalue weighted by atomic mass is 16.2. The van der Waals surface area contributed by atoms with E-state index >= 15 is 0 Å². The first-order valence-electron chi connectivity index (χ1n) is 6.80. The van der Waals surface area contributed by atoms with Crippen LogP contribution in [0.25, 0.3) is 0 Å². The highest BCUT2D eigenvalue weighted by molar-refractivity contribution is 5.75. The van der Waals surface area contributed by atoms with Crippen molar-refractivity contribution in [3.05, 3.63) is 0 Å². The molecule has 0 bridgehead atoms. The van der Waals surface area contributed by atoms with Crippen molar-refractivity contribution in [2.45, 2.75) is 39.3 Å². The fraction of sp³-hybridized carbons (Fsp3) is 0.923. The zero-order valence-corrected chi connectivity index (χ0v) is 11.5. The highest BCUT2D eigenvalue weighted by Crippen LogP contribution is 2.33. The van der Waals surface area contributed by atoms with Gasteiger partial charge in [0.1, 0.15) is 0 Å². The molecule has 2 aliphatic heterocycles. The minimum Gasteiger partial charge on any atom is -0.325 e. The van der Waals surface area contributed by atoms with Gasteiger partial charge >= 0.3 is 6.03 Å². The van der Waals surface area contributed by atoms with Crippen LogP contribution in [0.4, 0.5) is 4.79 Å². The molecule has 0 spiro atoms. The standard InChI is InChI=1S/C13H25N3O/c1-5-15-7-6-12-11(8-15)9-16(12)13(17)14(4)10(2)3/h10-12H,5-9H2,1-4H3. The van der Waals surface area contributed by atoms with Crippen LogP contribution in [0.3, 0.4) is 0 Å². The average Bonchev–Trinajstić information content (AvgIpc) is 2.29. The van der Waals surface area contributed by atoms with Gasteiger partial charge in [-0.25, -0.2) is 4.79 Å². The average molecular weight is 239 g/mol. The second kappa shape index (κ2) is 4.84. The number of hydrogen-bond donors (Lipinski definition) is 0. The fourth-order valence-corrected chi connectivity index (χ4v) is 2.87. The van der Waals surface area contributed by atoms with E-state index in [9.17, 15) is 4.79 Å². The summed E-state index contributed by atoms with van der Waals surface area (Å²) in [5.41, 5.74) is 0. The molecule has 4 nitrogen and oxygen atoms in total. The summed E-state index contributed by atoms with van der Waals surface area (Å²) in [5.74, 6) is 0.716. The van der Waals surface area contributed by atoms with Crippen LogP contribution < -0.4 is 0 Å². The van der Waals surface area contributed by atoms with Crippen LogP contribution in [0.2, 0.25) is 0 Å². The minimum atomic E-state index is 0.214. The zero-order chi connectivity index (χ0) is 12.6. The Balaban J connectivity index is 1.89. The molecule has 0 aromatic carbocycles. The summed E-state index contributed by atoms with van der Waals surface area (Å²) >= 11 is 0. The molecular formula is C13H25N3O. The Kier molecular flexibility index (Phi) is 3.61. The van der Waals surface area contributed by atoms with Crippen molar-refractivity contribution in [2.24, 2.45) is 5.92 Å². The number of likely N-dealkylation sites (tertiary alicyclic amines) is 2. The molecule has 0 N–H and O–H groups in total. The van der Waals surface area contributed by atoms with Gasteiger partial charge in [0, 0.05) is 44.7 Å². The van der Waals surface area contributed by atoms with Gasteiger partial charge in [0.2, 0.25) is 0 Å². The lowest BCUT2D eigenvalue weighted by Gasteiger charge is -2.54. The lowest BCUT2D eigenvalue weighted by molar-refractivity contribution is -0.0225. The van der Waals surface area contributed by atoms with E-state index in [0.717, 1.165) is 26.1 Å². The summed E-state index contributed by atoms with van der Waals surface area (Å²) < 4.78 is 0. The number of rotatable bonds is 2. The third-order valence-electron chi connectivity index (χ3n) is 4.38. The van der Waals surface area contributed by atoms with Gasteiger partial charge < -0.3 is 14.7 Å². The van der Waals surface area contributed by atoms with Gasteiger partial charge in [-0.3, -0.25) is 0 Å². The third kappa shape index (κ3) is 2.28. The Morgan fingerprint density at radius 2 is 2.12 bits per heavy atom. The maximum Gasteiger partial charge on any atom is 0.320 e. The lowest BCUT2D eigenvalue weighted by atomic mass is 9.83. The number of carbonyl (C=O) groups excluding carboxylic acids is 1. The van der Waals surface area contributed by atoms with E-state index in [2.05, 4.69) is 30.6 Å². The van der Waals surface area contributed by atoms with Gasteiger partial charge in [-0.2, -0.15) is 0 Å². The SMILES string of the molecule is CCN1CCC2C(C1)CN2C(=O)N(C)C(C)C. The number of nitrogens with zero attached hydrogens (tertiary/aromatic N) is 3.